The molecule has 0 unspecified atom stereocenters. The molecule has 3 rings (SSSR count). The Balaban J connectivity index is 1.48. The molecule has 0 aromatic carbocycles. The van der Waals surface area contributed by atoms with Gasteiger partial charge < -0.3 is 9.80 Å². The minimum atomic E-state index is 0.129. The first-order valence-electron chi connectivity index (χ1n) is 7.44. The van der Waals surface area contributed by atoms with Gasteiger partial charge in [0.15, 0.2) is 0 Å². The van der Waals surface area contributed by atoms with Gasteiger partial charge in [0.05, 0.1) is 10.8 Å². The molecule has 0 radical (unpaired) electrons. The fourth-order valence-corrected chi connectivity index (χ4v) is 3.88. The van der Waals surface area contributed by atoms with E-state index in [9.17, 15) is 9.59 Å². The zero-order valence-electron chi connectivity index (χ0n) is 11.9. The number of nitrogens with zero attached hydrogens (tertiary/aromatic N) is 2. The Morgan fingerprint density at radius 1 is 1.14 bits per heavy atom. The van der Waals surface area contributed by atoms with E-state index in [1.807, 2.05) is 21.9 Å². The summed E-state index contributed by atoms with van der Waals surface area (Å²) in [5.74, 6) is 0.670. The fourth-order valence-electron chi connectivity index (χ4n) is 2.80. The molecule has 0 N–H and O–H groups in total. The highest BCUT2D eigenvalue weighted by Gasteiger charge is 2.31. The summed E-state index contributed by atoms with van der Waals surface area (Å²) in [5, 5.41) is 0. The lowest BCUT2D eigenvalue weighted by Crippen LogP contribution is -2.52. The third-order valence-electron chi connectivity index (χ3n) is 4.35. The van der Waals surface area contributed by atoms with Crippen molar-refractivity contribution in [3.63, 3.8) is 0 Å². The van der Waals surface area contributed by atoms with Gasteiger partial charge in [0.25, 0.3) is 0 Å². The summed E-state index contributed by atoms with van der Waals surface area (Å²) in [6.07, 6.45) is 3.67. The number of carbonyl (C=O) groups excluding carboxylic acids is 2. The number of halogens is 1. The lowest BCUT2D eigenvalue weighted by atomic mass is 9.84. The van der Waals surface area contributed by atoms with Crippen molar-refractivity contribution < 1.29 is 9.59 Å². The van der Waals surface area contributed by atoms with Crippen molar-refractivity contribution in [3.05, 3.63) is 21.3 Å². The predicted octanol–water partition coefficient (Wildman–Crippen LogP) is 2.41. The standard InChI is InChI=1S/C15H19ClN2O2S/c16-13-5-4-12(21-13)10-14(19)17-6-8-18(9-7-17)15(20)11-2-1-3-11/h4-5,11H,1-3,6-10H2. The van der Waals surface area contributed by atoms with Crippen molar-refractivity contribution in [1.29, 1.82) is 0 Å². The number of rotatable bonds is 3. The lowest BCUT2D eigenvalue weighted by Gasteiger charge is -2.38. The highest BCUT2D eigenvalue weighted by molar-refractivity contribution is 7.16. The van der Waals surface area contributed by atoms with Gasteiger partial charge in [0.2, 0.25) is 11.8 Å². The number of hydrogen-bond donors (Lipinski definition) is 0. The fraction of sp³-hybridized carbons (Fsp3) is 0.600. The molecular weight excluding hydrogens is 308 g/mol. The summed E-state index contributed by atoms with van der Waals surface area (Å²) in [5.41, 5.74) is 0. The first kappa shape index (κ1) is 14.9. The van der Waals surface area contributed by atoms with Crippen molar-refractivity contribution in [2.75, 3.05) is 26.2 Å². The highest BCUT2D eigenvalue weighted by Crippen LogP contribution is 2.28. The predicted molar refractivity (Wildman–Crippen MR) is 83.5 cm³/mol. The molecule has 1 saturated carbocycles. The van der Waals surface area contributed by atoms with Crippen LogP contribution in [0.25, 0.3) is 0 Å². The van der Waals surface area contributed by atoms with Gasteiger partial charge in [0, 0.05) is 37.0 Å². The summed E-state index contributed by atoms with van der Waals surface area (Å²) in [7, 11) is 0. The van der Waals surface area contributed by atoms with Gasteiger partial charge in [0.1, 0.15) is 0 Å². The average molecular weight is 327 g/mol. The monoisotopic (exact) mass is 326 g/mol. The van der Waals surface area contributed by atoms with Crippen molar-refractivity contribution in [2.24, 2.45) is 5.92 Å². The summed E-state index contributed by atoms with van der Waals surface area (Å²) >= 11 is 7.34. The second-order valence-corrected chi connectivity index (χ2v) is 7.52. The zero-order chi connectivity index (χ0) is 14.8. The Morgan fingerprint density at radius 2 is 1.81 bits per heavy atom. The second kappa shape index (κ2) is 6.36. The van der Waals surface area contributed by atoms with Crippen LogP contribution in [0.4, 0.5) is 0 Å². The van der Waals surface area contributed by atoms with E-state index in [2.05, 4.69) is 0 Å². The molecule has 1 aromatic rings. The number of carbonyl (C=O) groups is 2. The van der Waals surface area contributed by atoms with Crippen LogP contribution in [0.2, 0.25) is 4.34 Å². The number of thiophene rings is 1. The second-order valence-electron chi connectivity index (χ2n) is 5.72. The quantitative estimate of drug-likeness (QED) is 0.856. The Morgan fingerprint density at radius 3 is 2.33 bits per heavy atom. The smallest absolute Gasteiger partial charge is 0.227 e. The van der Waals surface area contributed by atoms with Crippen LogP contribution < -0.4 is 0 Å². The first-order chi connectivity index (χ1) is 10.1. The Hall–Kier alpha value is -1.07. The third kappa shape index (κ3) is 3.40. The molecule has 1 saturated heterocycles. The molecule has 114 valence electrons. The van der Waals surface area contributed by atoms with Gasteiger partial charge in [-0.25, -0.2) is 0 Å². The Bertz CT molecular complexity index is 534. The zero-order valence-corrected chi connectivity index (χ0v) is 13.5. The molecule has 0 spiro atoms. The molecule has 1 aliphatic carbocycles. The van der Waals surface area contributed by atoms with Crippen molar-refractivity contribution in [1.82, 2.24) is 9.80 Å². The van der Waals surface area contributed by atoms with E-state index < -0.39 is 0 Å². The van der Waals surface area contributed by atoms with Gasteiger partial charge in [-0.3, -0.25) is 9.59 Å². The summed E-state index contributed by atoms with van der Waals surface area (Å²) in [6.45, 7) is 2.64. The lowest BCUT2D eigenvalue weighted by molar-refractivity contribution is -0.143. The number of amides is 2. The summed E-state index contributed by atoms with van der Waals surface area (Å²) in [4.78, 5) is 29.2. The number of hydrogen-bond acceptors (Lipinski definition) is 3. The van der Waals surface area contributed by atoms with Gasteiger partial charge >= 0.3 is 0 Å². The van der Waals surface area contributed by atoms with Crippen molar-refractivity contribution in [2.45, 2.75) is 25.7 Å². The van der Waals surface area contributed by atoms with Gasteiger partial charge in [-0.1, -0.05) is 18.0 Å². The van der Waals surface area contributed by atoms with E-state index in [-0.39, 0.29) is 11.8 Å². The summed E-state index contributed by atoms with van der Waals surface area (Å²) < 4.78 is 0.716. The molecule has 2 fully saturated rings. The minimum absolute atomic E-state index is 0.129. The molecule has 6 heteroatoms. The van der Waals surface area contributed by atoms with Crippen LogP contribution in [-0.4, -0.2) is 47.8 Å². The normalized spacial score (nSPS) is 19.5. The maximum absolute atomic E-state index is 12.2. The van der Waals surface area contributed by atoms with Crippen molar-refractivity contribution in [3.8, 4) is 0 Å². The largest absolute Gasteiger partial charge is 0.339 e. The van der Waals surface area contributed by atoms with Crippen LogP contribution >= 0.6 is 22.9 Å². The molecule has 0 atom stereocenters. The van der Waals surface area contributed by atoms with Crippen LogP contribution in [0, 0.1) is 5.92 Å². The molecule has 21 heavy (non-hydrogen) atoms. The van der Waals surface area contributed by atoms with Crippen LogP contribution in [0.15, 0.2) is 12.1 Å². The molecule has 1 aliphatic heterocycles. The average Bonchev–Trinajstić information content (AvgIpc) is 2.82. The van der Waals surface area contributed by atoms with Crippen molar-refractivity contribution >= 4 is 34.8 Å². The molecule has 4 nitrogen and oxygen atoms in total. The molecule has 2 aliphatic rings. The molecule has 1 aromatic heterocycles. The summed E-state index contributed by atoms with van der Waals surface area (Å²) in [6, 6.07) is 3.73. The van der Waals surface area contributed by atoms with Crippen LogP contribution in [0.1, 0.15) is 24.1 Å². The molecule has 0 bridgehead atoms. The van der Waals surface area contributed by atoms with E-state index in [1.54, 1.807) is 0 Å². The third-order valence-corrected chi connectivity index (χ3v) is 5.58. The van der Waals surface area contributed by atoms with E-state index in [1.165, 1.54) is 17.8 Å². The van der Waals surface area contributed by atoms with E-state index >= 15 is 0 Å². The molecule has 2 heterocycles. The minimum Gasteiger partial charge on any atom is -0.339 e. The molecular formula is C15H19ClN2O2S. The molecule has 2 amide bonds. The maximum Gasteiger partial charge on any atom is 0.227 e. The SMILES string of the molecule is O=C(Cc1ccc(Cl)s1)N1CCN(C(=O)C2CCC2)CC1. The van der Waals surface area contributed by atoms with Gasteiger partial charge in [-0.2, -0.15) is 0 Å². The van der Waals surface area contributed by atoms with E-state index in [0.29, 0.717) is 42.8 Å². The van der Waals surface area contributed by atoms with Crippen LogP contribution in [0.3, 0.4) is 0 Å². The van der Waals surface area contributed by atoms with E-state index in [4.69, 9.17) is 11.6 Å². The Labute approximate surface area is 133 Å². The highest BCUT2D eigenvalue weighted by atomic mass is 35.5. The van der Waals surface area contributed by atoms with Gasteiger partial charge in [-0.15, -0.1) is 11.3 Å². The van der Waals surface area contributed by atoms with Crippen LogP contribution in [0.5, 0.6) is 0 Å². The van der Waals surface area contributed by atoms with Crippen LogP contribution in [-0.2, 0) is 16.0 Å². The topological polar surface area (TPSA) is 40.6 Å². The Kier molecular flexibility index (Phi) is 4.50. The van der Waals surface area contributed by atoms with Gasteiger partial charge in [-0.05, 0) is 25.0 Å². The maximum atomic E-state index is 12.2. The first-order valence-corrected chi connectivity index (χ1v) is 8.64. The van der Waals surface area contributed by atoms with E-state index in [0.717, 1.165) is 17.7 Å². The number of piperazine rings is 1.